The highest BCUT2D eigenvalue weighted by Gasteiger charge is 2.28. The van der Waals surface area contributed by atoms with Gasteiger partial charge in [0.2, 0.25) is 0 Å². The Balaban J connectivity index is 1.72. The van der Waals surface area contributed by atoms with Crippen molar-refractivity contribution in [3.05, 3.63) is 35.6 Å². The molecule has 2 rings (SSSR count). The van der Waals surface area contributed by atoms with Crippen molar-refractivity contribution in [1.82, 2.24) is 5.32 Å². The van der Waals surface area contributed by atoms with Crippen molar-refractivity contribution in [3.8, 4) is 0 Å². The zero-order chi connectivity index (χ0) is 16.2. The van der Waals surface area contributed by atoms with E-state index in [1.165, 1.54) is 24.3 Å². The van der Waals surface area contributed by atoms with E-state index in [-0.39, 0.29) is 17.9 Å². The van der Waals surface area contributed by atoms with Crippen LogP contribution in [0.1, 0.15) is 12.0 Å². The minimum absolute atomic E-state index is 0.0578. The second-order valence-corrected chi connectivity index (χ2v) is 7.36. The van der Waals surface area contributed by atoms with E-state index in [4.69, 9.17) is 4.74 Å². The Labute approximate surface area is 127 Å². The van der Waals surface area contributed by atoms with Gasteiger partial charge in [-0.2, -0.15) is 0 Å². The predicted octanol–water partition coefficient (Wildman–Crippen LogP) is 0.215. The summed E-state index contributed by atoms with van der Waals surface area (Å²) in [6, 6.07) is 4.96. The molecule has 1 aromatic rings. The second-order valence-electron chi connectivity index (χ2n) is 5.13. The number of halogens is 1. The highest BCUT2D eigenvalue weighted by molar-refractivity contribution is 7.91. The molecule has 0 spiro atoms. The van der Waals surface area contributed by atoms with Gasteiger partial charge in [0.05, 0.1) is 17.9 Å². The SMILES string of the molecule is O=C(COC(=O)Cc1ccc(F)cc1)N[C@H]1CCS(=O)(=O)C1. The molecule has 1 aliphatic rings. The Morgan fingerprint density at radius 1 is 1.27 bits per heavy atom. The Hall–Kier alpha value is -1.96. The van der Waals surface area contributed by atoms with E-state index in [2.05, 4.69) is 5.32 Å². The van der Waals surface area contributed by atoms with E-state index in [0.717, 1.165) is 0 Å². The van der Waals surface area contributed by atoms with Crippen LogP contribution in [0.4, 0.5) is 4.39 Å². The first-order valence-corrected chi connectivity index (χ1v) is 8.56. The lowest BCUT2D eigenvalue weighted by molar-refractivity contribution is -0.148. The average molecular weight is 329 g/mol. The van der Waals surface area contributed by atoms with Crippen LogP contribution in [0.3, 0.4) is 0 Å². The topological polar surface area (TPSA) is 89.5 Å². The molecular formula is C14H16FNO5S. The highest BCUT2D eigenvalue weighted by Crippen LogP contribution is 2.11. The van der Waals surface area contributed by atoms with Gasteiger partial charge in [-0.15, -0.1) is 0 Å². The molecule has 1 aliphatic heterocycles. The fourth-order valence-corrected chi connectivity index (χ4v) is 3.82. The van der Waals surface area contributed by atoms with Gasteiger partial charge in [0, 0.05) is 6.04 Å². The summed E-state index contributed by atoms with van der Waals surface area (Å²) in [4.78, 5) is 23.1. The third kappa shape index (κ3) is 5.10. The van der Waals surface area contributed by atoms with Crippen LogP contribution in [0, 0.1) is 5.82 Å². The van der Waals surface area contributed by atoms with Crippen LogP contribution < -0.4 is 5.32 Å². The number of hydrogen-bond donors (Lipinski definition) is 1. The first-order chi connectivity index (χ1) is 10.3. The van der Waals surface area contributed by atoms with Gasteiger partial charge in [0.15, 0.2) is 16.4 Å². The molecule has 6 nitrogen and oxygen atoms in total. The van der Waals surface area contributed by atoms with Crippen LogP contribution in [-0.2, 0) is 30.6 Å². The fraction of sp³-hybridized carbons (Fsp3) is 0.429. The quantitative estimate of drug-likeness (QED) is 0.780. The Bertz CT molecular complexity index is 656. The van der Waals surface area contributed by atoms with Gasteiger partial charge < -0.3 is 10.1 Å². The maximum atomic E-state index is 12.7. The largest absolute Gasteiger partial charge is 0.455 e. The number of carbonyl (C=O) groups is 2. The second kappa shape index (κ2) is 6.87. The van der Waals surface area contributed by atoms with Crippen LogP contribution in [0.15, 0.2) is 24.3 Å². The van der Waals surface area contributed by atoms with E-state index in [9.17, 15) is 22.4 Å². The van der Waals surface area contributed by atoms with E-state index in [1.54, 1.807) is 0 Å². The monoisotopic (exact) mass is 329 g/mol. The van der Waals surface area contributed by atoms with Gasteiger partial charge >= 0.3 is 5.97 Å². The van der Waals surface area contributed by atoms with Crippen molar-refractivity contribution >= 4 is 21.7 Å². The van der Waals surface area contributed by atoms with Crippen molar-refractivity contribution in [2.24, 2.45) is 0 Å². The first-order valence-electron chi connectivity index (χ1n) is 6.74. The number of carbonyl (C=O) groups excluding carboxylic acids is 2. The van der Waals surface area contributed by atoms with Gasteiger partial charge in [-0.3, -0.25) is 9.59 Å². The molecule has 1 saturated heterocycles. The number of esters is 1. The van der Waals surface area contributed by atoms with E-state index >= 15 is 0 Å². The summed E-state index contributed by atoms with van der Waals surface area (Å²) in [5, 5.41) is 2.52. The number of sulfone groups is 1. The summed E-state index contributed by atoms with van der Waals surface area (Å²) >= 11 is 0. The average Bonchev–Trinajstić information content (AvgIpc) is 2.78. The van der Waals surface area contributed by atoms with Crippen molar-refractivity contribution in [1.29, 1.82) is 0 Å². The summed E-state index contributed by atoms with van der Waals surface area (Å²) in [5.41, 5.74) is 0.577. The van der Waals surface area contributed by atoms with E-state index < -0.39 is 40.2 Å². The van der Waals surface area contributed by atoms with Crippen LogP contribution in [0.25, 0.3) is 0 Å². The lowest BCUT2D eigenvalue weighted by atomic mass is 10.1. The molecule has 1 amide bonds. The molecule has 1 atom stereocenters. The fourth-order valence-electron chi connectivity index (χ4n) is 2.14. The molecule has 0 aromatic heterocycles. The third-order valence-corrected chi connectivity index (χ3v) is 4.99. The molecular weight excluding hydrogens is 313 g/mol. The zero-order valence-corrected chi connectivity index (χ0v) is 12.6. The molecule has 8 heteroatoms. The van der Waals surface area contributed by atoms with Crippen molar-refractivity contribution < 1.29 is 27.1 Å². The Kier molecular flexibility index (Phi) is 5.12. The van der Waals surface area contributed by atoms with E-state index in [1.807, 2.05) is 0 Å². The summed E-state index contributed by atoms with van der Waals surface area (Å²) in [5.74, 6) is -1.57. The van der Waals surface area contributed by atoms with Crippen LogP contribution in [0.2, 0.25) is 0 Å². The molecule has 0 radical (unpaired) electrons. The summed E-state index contributed by atoms with van der Waals surface area (Å²) in [7, 11) is -3.07. The molecule has 1 aromatic carbocycles. The standard InChI is InChI=1S/C14H16FNO5S/c15-11-3-1-10(2-4-11)7-14(18)21-8-13(17)16-12-5-6-22(19,20)9-12/h1-4,12H,5-9H2,(H,16,17)/t12-/m0/s1. The van der Waals surface area contributed by atoms with E-state index in [0.29, 0.717) is 12.0 Å². The van der Waals surface area contributed by atoms with Crippen LogP contribution in [0.5, 0.6) is 0 Å². The lowest BCUT2D eigenvalue weighted by Gasteiger charge is -2.11. The highest BCUT2D eigenvalue weighted by atomic mass is 32.2. The normalized spacial score (nSPS) is 19.6. The molecule has 0 bridgehead atoms. The predicted molar refractivity (Wildman–Crippen MR) is 76.3 cm³/mol. The molecule has 120 valence electrons. The summed E-state index contributed by atoms with van der Waals surface area (Å²) in [6.07, 6.45) is 0.308. The smallest absolute Gasteiger partial charge is 0.310 e. The molecule has 1 fully saturated rings. The van der Waals surface area contributed by atoms with Gasteiger partial charge in [-0.05, 0) is 24.1 Å². The number of hydrogen-bond acceptors (Lipinski definition) is 5. The maximum absolute atomic E-state index is 12.7. The number of benzene rings is 1. The molecule has 22 heavy (non-hydrogen) atoms. The molecule has 0 saturated carbocycles. The maximum Gasteiger partial charge on any atom is 0.310 e. The van der Waals surface area contributed by atoms with Crippen molar-refractivity contribution in [2.45, 2.75) is 18.9 Å². The number of nitrogens with one attached hydrogen (secondary N) is 1. The number of rotatable bonds is 5. The zero-order valence-electron chi connectivity index (χ0n) is 11.7. The van der Waals surface area contributed by atoms with Gasteiger partial charge in [-0.1, -0.05) is 12.1 Å². The van der Waals surface area contributed by atoms with Gasteiger partial charge in [-0.25, -0.2) is 12.8 Å². The lowest BCUT2D eigenvalue weighted by Crippen LogP contribution is -2.38. The Morgan fingerprint density at radius 3 is 2.55 bits per heavy atom. The summed E-state index contributed by atoms with van der Waals surface area (Å²) in [6.45, 7) is -0.462. The molecule has 1 heterocycles. The van der Waals surface area contributed by atoms with Gasteiger partial charge in [0.25, 0.3) is 5.91 Å². The number of amides is 1. The van der Waals surface area contributed by atoms with Crippen LogP contribution in [-0.4, -0.2) is 44.4 Å². The van der Waals surface area contributed by atoms with Gasteiger partial charge in [0.1, 0.15) is 5.82 Å². The minimum atomic E-state index is -3.07. The van der Waals surface area contributed by atoms with Crippen LogP contribution >= 0.6 is 0 Å². The molecule has 1 N–H and O–H groups in total. The molecule has 0 unspecified atom stereocenters. The van der Waals surface area contributed by atoms with Crippen molar-refractivity contribution in [3.63, 3.8) is 0 Å². The number of ether oxygens (including phenoxy) is 1. The first kappa shape index (κ1) is 16.4. The third-order valence-electron chi connectivity index (χ3n) is 3.22. The Morgan fingerprint density at radius 2 is 1.95 bits per heavy atom. The minimum Gasteiger partial charge on any atom is -0.455 e. The molecule has 0 aliphatic carbocycles. The van der Waals surface area contributed by atoms with Crippen molar-refractivity contribution in [2.75, 3.05) is 18.1 Å². The summed E-state index contributed by atoms with van der Waals surface area (Å²) < 4.78 is 40.0.